The van der Waals surface area contributed by atoms with Crippen molar-refractivity contribution < 1.29 is 32.7 Å². The van der Waals surface area contributed by atoms with Crippen LogP contribution >= 0.6 is 0 Å². The van der Waals surface area contributed by atoms with Gasteiger partial charge in [0, 0.05) is 45.7 Å². The first kappa shape index (κ1) is 30.6. The van der Waals surface area contributed by atoms with Crippen molar-refractivity contribution in [3.8, 4) is 0 Å². The molecule has 38 heavy (non-hydrogen) atoms. The number of carboxylic acids is 1. The Balaban J connectivity index is 0.000000638. The number of halogens is 3. The van der Waals surface area contributed by atoms with Crippen molar-refractivity contribution in [1.29, 1.82) is 0 Å². The van der Waals surface area contributed by atoms with E-state index < -0.39 is 12.1 Å². The molecule has 0 saturated carbocycles. The molecule has 1 saturated heterocycles. The van der Waals surface area contributed by atoms with Crippen LogP contribution in [0.3, 0.4) is 0 Å². The number of piperazine rings is 1. The van der Waals surface area contributed by atoms with Crippen LogP contribution in [0.15, 0.2) is 42.6 Å². The van der Waals surface area contributed by atoms with E-state index in [1.54, 1.807) is 12.3 Å². The number of nitrogens with zero attached hydrogens (tertiary/aromatic N) is 3. The Morgan fingerprint density at radius 2 is 1.76 bits per heavy atom. The van der Waals surface area contributed by atoms with Crippen molar-refractivity contribution in [3.05, 3.63) is 53.7 Å². The number of hydrogen-bond acceptors (Lipinski definition) is 6. The zero-order valence-electron chi connectivity index (χ0n) is 21.7. The molecule has 0 radical (unpaired) electrons. The molecule has 2 amide bonds. The van der Waals surface area contributed by atoms with Crippen LogP contribution in [0.5, 0.6) is 0 Å². The van der Waals surface area contributed by atoms with Gasteiger partial charge in [-0.25, -0.2) is 9.78 Å². The number of carbonyl (C=O) groups excluding carboxylic acids is 2. The first-order chi connectivity index (χ1) is 17.9. The van der Waals surface area contributed by atoms with Crippen molar-refractivity contribution in [2.45, 2.75) is 39.9 Å². The second-order valence-corrected chi connectivity index (χ2v) is 9.09. The van der Waals surface area contributed by atoms with Gasteiger partial charge in [-0.05, 0) is 24.5 Å². The van der Waals surface area contributed by atoms with E-state index in [1.165, 1.54) is 0 Å². The molecule has 0 bridgehead atoms. The number of amides is 2. The number of benzene rings is 1. The number of hydrogen-bond donors (Lipinski definition) is 3. The maximum Gasteiger partial charge on any atom is 0.490 e. The SMILES string of the molecule is CCN(Cc1ccccc1)C(=O)c1cc(NC(=O)CC(C)C)cnc1N1CCNCC1.O=C(O)C(F)(F)F. The maximum absolute atomic E-state index is 13.6. The highest BCUT2D eigenvalue weighted by atomic mass is 19.4. The average Bonchev–Trinajstić information content (AvgIpc) is 2.87. The summed E-state index contributed by atoms with van der Waals surface area (Å²) in [6, 6.07) is 11.7. The summed E-state index contributed by atoms with van der Waals surface area (Å²) in [4.78, 5) is 43.3. The van der Waals surface area contributed by atoms with Gasteiger partial charge in [-0.3, -0.25) is 9.59 Å². The van der Waals surface area contributed by atoms with Crippen LogP contribution in [0, 0.1) is 5.92 Å². The second kappa shape index (κ2) is 14.3. The van der Waals surface area contributed by atoms with Crippen LogP contribution in [-0.4, -0.2) is 71.7 Å². The number of nitrogens with one attached hydrogen (secondary N) is 2. The third-order valence-electron chi connectivity index (χ3n) is 5.52. The molecule has 1 aromatic carbocycles. The lowest BCUT2D eigenvalue weighted by Gasteiger charge is -2.31. The lowest BCUT2D eigenvalue weighted by atomic mass is 10.1. The van der Waals surface area contributed by atoms with Gasteiger partial charge in [0.1, 0.15) is 5.82 Å². The van der Waals surface area contributed by atoms with Gasteiger partial charge < -0.3 is 25.5 Å². The summed E-state index contributed by atoms with van der Waals surface area (Å²) < 4.78 is 31.7. The smallest absolute Gasteiger partial charge is 0.475 e. The first-order valence-corrected chi connectivity index (χ1v) is 12.3. The Labute approximate surface area is 220 Å². The summed E-state index contributed by atoms with van der Waals surface area (Å²) in [6.07, 6.45) is -3.00. The fourth-order valence-corrected chi connectivity index (χ4v) is 3.70. The van der Waals surface area contributed by atoms with E-state index in [0.717, 1.165) is 31.7 Å². The highest BCUT2D eigenvalue weighted by molar-refractivity contribution is 6.01. The minimum absolute atomic E-state index is 0.0678. The zero-order valence-corrected chi connectivity index (χ0v) is 21.7. The number of rotatable bonds is 8. The zero-order chi connectivity index (χ0) is 28.3. The summed E-state index contributed by atoms with van der Waals surface area (Å²) in [5.74, 6) is -1.96. The molecule has 12 heteroatoms. The van der Waals surface area contributed by atoms with Crippen molar-refractivity contribution in [1.82, 2.24) is 15.2 Å². The number of anilines is 2. The molecule has 0 unspecified atom stereocenters. The quantitative estimate of drug-likeness (QED) is 0.470. The van der Waals surface area contributed by atoms with Gasteiger partial charge in [0.25, 0.3) is 5.91 Å². The van der Waals surface area contributed by atoms with E-state index in [1.807, 2.05) is 56.0 Å². The van der Waals surface area contributed by atoms with Crippen LogP contribution in [0.4, 0.5) is 24.7 Å². The first-order valence-electron chi connectivity index (χ1n) is 12.3. The molecule has 1 aliphatic rings. The molecule has 0 atom stereocenters. The predicted molar refractivity (Wildman–Crippen MR) is 138 cm³/mol. The van der Waals surface area contributed by atoms with Crippen LogP contribution in [-0.2, 0) is 16.1 Å². The van der Waals surface area contributed by atoms with Gasteiger partial charge in [0.15, 0.2) is 0 Å². The van der Waals surface area contributed by atoms with Gasteiger partial charge in [-0.15, -0.1) is 0 Å². The second-order valence-electron chi connectivity index (χ2n) is 9.09. The number of pyridine rings is 1. The van der Waals surface area contributed by atoms with Gasteiger partial charge in [-0.2, -0.15) is 13.2 Å². The molecule has 0 aliphatic carbocycles. The van der Waals surface area contributed by atoms with Crippen molar-refractivity contribution >= 4 is 29.3 Å². The third kappa shape index (κ3) is 9.66. The number of alkyl halides is 3. The minimum Gasteiger partial charge on any atom is -0.475 e. The molecule has 3 N–H and O–H groups in total. The van der Waals surface area contributed by atoms with Crippen LogP contribution in [0.2, 0.25) is 0 Å². The predicted octanol–water partition coefficient (Wildman–Crippen LogP) is 3.77. The Bertz CT molecular complexity index is 1070. The molecule has 1 aliphatic heterocycles. The van der Waals surface area contributed by atoms with Crippen molar-refractivity contribution in [3.63, 3.8) is 0 Å². The van der Waals surface area contributed by atoms with Crippen LogP contribution in [0.1, 0.15) is 43.1 Å². The van der Waals surface area contributed by atoms with Crippen LogP contribution < -0.4 is 15.5 Å². The van der Waals surface area contributed by atoms with E-state index in [4.69, 9.17) is 9.90 Å². The summed E-state index contributed by atoms with van der Waals surface area (Å²) in [6.45, 7) is 10.4. The minimum atomic E-state index is -5.08. The molecule has 1 aromatic heterocycles. The molecule has 3 rings (SSSR count). The van der Waals surface area contributed by atoms with E-state index in [2.05, 4.69) is 20.5 Å². The van der Waals surface area contributed by atoms with Crippen LogP contribution in [0.25, 0.3) is 0 Å². The largest absolute Gasteiger partial charge is 0.490 e. The van der Waals surface area contributed by atoms with E-state index in [9.17, 15) is 22.8 Å². The van der Waals surface area contributed by atoms with Gasteiger partial charge in [-0.1, -0.05) is 44.2 Å². The highest BCUT2D eigenvalue weighted by Crippen LogP contribution is 2.24. The Kier molecular flexibility index (Phi) is 11.5. The maximum atomic E-state index is 13.6. The van der Waals surface area contributed by atoms with Crippen molar-refractivity contribution in [2.75, 3.05) is 42.9 Å². The molecular formula is C26H34F3N5O4. The Hall–Kier alpha value is -3.67. The summed E-state index contributed by atoms with van der Waals surface area (Å²) in [5.41, 5.74) is 2.17. The Morgan fingerprint density at radius 1 is 1.16 bits per heavy atom. The fourth-order valence-electron chi connectivity index (χ4n) is 3.70. The van der Waals surface area contributed by atoms with E-state index in [-0.39, 0.29) is 17.7 Å². The summed E-state index contributed by atoms with van der Waals surface area (Å²) >= 11 is 0. The fraction of sp³-hybridized carbons (Fsp3) is 0.462. The molecule has 0 spiro atoms. The number of aromatic nitrogens is 1. The molecule has 2 heterocycles. The molecule has 2 aromatic rings. The summed E-state index contributed by atoms with van der Waals surface area (Å²) in [5, 5.41) is 13.4. The van der Waals surface area contributed by atoms with Gasteiger partial charge >= 0.3 is 12.1 Å². The molecule has 1 fully saturated rings. The lowest BCUT2D eigenvalue weighted by molar-refractivity contribution is -0.192. The monoisotopic (exact) mass is 537 g/mol. The van der Waals surface area contributed by atoms with Gasteiger partial charge in [0.2, 0.25) is 5.91 Å². The third-order valence-corrected chi connectivity index (χ3v) is 5.52. The number of carbonyl (C=O) groups is 3. The molecular weight excluding hydrogens is 503 g/mol. The normalized spacial score (nSPS) is 13.4. The van der Waals surface area contributed by atoms with E-state index >= 15 is 0 Å². The highest BCUT2D eigenvalue weighted by Gasteiger charge is 2.38. The number of carboxylic acid groups (broad SMARTS) is 1. The average molecular weight is 538 g/mol. The standard InChI is InChI=1S/C24H33N5O2.C2HF3O2/c1-4-28(17-19-8-6-5-7-9-19)24(31)21-15-20(27-22(30)14-18(2)3)16-26-23(21)29-12-10-25-11-13-29;3-2(4,5)1(6)7/h5-9,15-16,18,25H,4,10-14,17H2,1-3H3,(H,27,30);(H,6,7). The topological polar surface area (TPSA) is 115 Å². The molecule has 9 nitrogen and oxygen atoms in total. The number of aliphatic carboxylic acids is 1. The van der Waals surface area contributed by atoms with Crippen molar-refractivity contribution in [2.24, 2.45) is 5.92 Å². The lowest BCUT2D eigenvalue weighted by Crippen LogP contribution is -2.45. The molecule has 208 valence electrons. The van der Waals surface area contributed by atoms with E-state index in [0.29, 0.717) is 36.6 Å². The Morgan fingerprint density at radius 3 is 2.29 bits per heavy atom. The van der Waals surface area contributed by atoms with Gasteiger partial charge in [0.05, 0.1) is 17.4 Å². The summed E-state index contributed by atoms with van der Waals surface area (Å²) in [7, 11) is 0.